The highest BCUT2D eigenvalue weighted by Gasteiger charge is 2.16. The fourth-order valence-electron chi connectivity index (χ4n) is 1.06. The van der Waals surface area contributed by atoms with Gasteiger partial charge in [-0.3, -0.25) is 0 Å². The first kappa shape index (κ1) is 9.90. The van der Waals surface area contributed by atoms with Crippen LogP contribution in [-0.2, 0) is 0 Å². The van der Waals surface area contributed by atoms with Crippen molar-refractivity contribution >= 4 is 5.69 Å². The van der Waals surface area contributed by atoms with Gasteiger partial charge in [0.05, 0.1) is 0 Å². The summed E-state index contributed by atoms with van der Waals surface area (Å²) in [5.74, 6) is 0.311. The number of benzene rings is 1. The predicted molar refractivity (Wildman–Crippen MR) is 56.3 cm³/mol. The summed E-state index contributed by atoms with van der Waals surface area (Å²) in [5, 5.41) is 9.12. The number of phenols is 1. The van der Waals surface area contributed by atoms with Crippen LogP contribution >= 0.6 is 0 Å². The average molecular weight is 179 g/mol. The third kappa shape index (κ3) is 2.38. The molecule has 0 fully saturated rings. The van der Waals surface area contributed by atoms with E-state index in [-0.39, 0.29) is 5.54 Å². The molecule has 0 heterocycles. The third-order valence-corrected chi connectivity index (χ3v) is 2.24. The third-order valence-electron chi connectivity index (χ3n) is 2.24. The van der Waals surface area contributed by atoms with Crippen LogP contribution < -0.4 is 4.90 Å². The van der Waals surface area contributed by atoms with E-state index in [4.69, 9.17) is 5.11 Å². The lowest BCUT2D eigenvalue weighted by Gasteiger charge is -2.34. The standard InChI is InChI=1S/C11H17NO/c1-11(2,3)12(4)9-5-7-10(13)8-6-9/h5-8,13H,1-4H3. The van der Waals surface area contributed by atoms with Crippen molar-refractivity contribution in [3.63, 3.8) is 0 Å². The van der Waals surface area contributed by atoms with Gasteiger partial charge in [-0.05, 0) is 45.0 Å². The first-order chi connectivity index (χ1) is 5.91. The van der Waals surface area contributed by atoms with Crippen LogP contribution in [0.2, 0.25) is 0 Å². The van der Waals surface area contributed by atoms with Crippen molar-refractivity contribution < 1.29 is 5.11 Å². The number of hydrogen-bond acceptors (Lipinski definition) is 2. The molecule has 0 radical (unpaired) electrons. The molecule has 0 saturated heterocycles. The monoisotopic (exact) mass is 179 g/mol. The molecule has 1 aromatic carbocycles. The van der Waals surface area contributed by atoms with Crippen LogP contribution in [0.1, 0.15) is 20.8 Å². The largest absolute Gasteiger partial charge is 0.508 e. The summed E-state index contributed by atoms with van der Waals surface area (Å²) >= 11 is 0. The molecule has 0 aliphatic carbocycles. The SMILES string of the molecule is CN(c1ccc(O)cc1)C(C)(C)C. The minimum absolute atomic E-state index is 0.108. The Morgan fingerprint density at radius 3 is 1.92 bits per heavy atom. The van der Waals surface area contributed by atoms with E-state index in [9.17, 15) is 0 Å². The van der Waals surface area contributed by atoms with Crippen LogP contribution in [0, 0.1) is 0 Å². The number of rotatable bonds is 1. The molecule has 0 spiro atoms. The lowest BCUT2D eigenvalue weighted by molar-refractivity contribution is 0.474. The van der Waals surface area contributed by atoms with E-state index in [0.29, 0.717) is 5.75 Å². The molecule has 1 N–H and O–H groups in total. The molecule has 0 saturated carbocycles. The summed E-state index contributed by atoms with van der Waals surface area (Å²) < 4.78 is 0. The second-order valence-electron chi connectivity index (χ2n) is 4.25. The molecule has 0 aliphatic rings. The molecule has 0 aromatic heterocycles. The Labute approximate surface area is 79.8 Å². The molecule has 1 aromatic rings. The molecule has 0 amide bonds. The highest BCUT2D eigenvalue weighted by atomic mass is 16.3. The molecule has 13 heavy (non-hydrogen) atoms. The Kier molecular flexibility index (Phi) is 2.50. The van der Waals surface area contributed by atoms with Gasteiger partial charge in [-0.15, -0.1) is 0 Å². The fourth-order valence-corrected chi connectivity index (χ4v) is 1.06. The van der Waals surface area contributed by atoms with Crippen molar-refractivity contribution in [2.75, 3.05) is 11.9 Å². The maximum Gasteiger partial charge on any atom is 0.115 e. The molecule has 0 unspecified atom stereocenters. The zero-order valence-corrected chi connectivity index (χ0v) is 8.70. The lowest BCUT2D eigenvalue weighted by Crippen LogP contribution is -2.37. The molecule has 0 aliphatic heterocycles. The number of aromatic hydroxyl groups is 1. The normalized spacial score (nSPS) is 11.4. The summed E-state index contributed by atoms with van der Waals surface area (Å²) in [6.45, 7) is 6.46. The Balaban J connectivity index is 2.90. The second-order valence-corrected chi connectivity index (χ2v) is 4.25. The van der Waals surface area contributed by atoms with Gasteiger partial charge in [-0.1, -0.05) is 0 Å². The van der Waals surface area contributed by atoms with Crippen molar-refractivity contribution in [1.82, 2.24) is 0 Å². The Hall–Kier alpha value is -1.18. The van der Waals surface area contributed by atoms with Gasteiger partial charge in [0, 0.05) is 18.3 Å². The van der Waals surface area contributed by atoms with Gasteiger partial charge >= 0.3 is 0 Å². The molecule has 0 atom stereocenters. The maximum absolute atomic E-state index is 9.12. The first-order valence-corrected chi connectivity index (χ1v) is 4.44. The van der Waals surface area contributed by atoms with Crippen molar-refractivity contribution in [2.45, 2.75) is 26.3 Å². The van der Waals surface area contributed by atoms with Gasteiger partial charge in [-0.2, -0.15) is 0 Å². The number of nitrogens with zero attached hydrogens (tertiary/aromatic N) is 1. The van der Waals surface area contributed by atoms with Crippen molar-refractivity contribution in [2.24, 2.45) is 0 Å². The van der Waals surface area contributed by atoms with Crippen LogP contribution in [0.5, 0.6) is 5.75 Å². The van der Waals surface area contributed by atoms with Crippen LogP contribution in [-0.4, -0.2) is 17.7 Å². The van der Waals surface area contributed by atoms with E-state index in [1.807, 2.05) is 19.2 Å². The minimum atomic E-state index is 0.108. The van der Waals surface area contributed by atoms with Gasteiger partial charge in [0.25, 0.3) is 0 Å². The summed E-state index contributed by atoms with van der Waals surface area (Å²) in [4.78, 5) is 2.17. The minimum Gasteiger partial charge on any atom is -0.508 e. The average Bonchev–Trinajstić information content (AvgIpc) is 2.03. The molecule has 1 rings (SSSR count). The second kappa shape index (κ2) is 3.29. The van der Waals surface area contributed by atoms with Crippen molar-refractivity contribution in [3.05, 3.63) is 24.3 Å². The molecule has 2 nitrogen and oxygen atoms in total. The van der Waals surface area contributed by atoms with E-state index < -0.39 is 0 Å². The van der Waals surface area contributed by atoms with Gasteiger partial charge in [0.2, 0.25) is 0 Å². The highest BCUT2D eigenvalue weighted by Crippen LogP contribution is 2.23. The van der Waals surface area contributed by atoms with Crippen LogP contribution in [0.25, 0.3) is 0 Å². The molecular formula is C11H17NO. The maximum atomic E-state index is 9.12. The zero-order valence-electron chi connectivity index (χ0n) is 8.70. The van der Waals surface area contributed by atoms with Crippen LogP contribution in [0.4, 0.5) is 5.69 Å². The summed E-state index contributed by atoms with van der Waals surface area (Å²) in [6, 6.07) is 7.25. The fraction of sp³-hybridized carbons (Fsp3) is 0.455. The topological polar surface area (TPSA) is 23.5 Å². The Morgan fingerprint density at radius 2 is 1.54 bits per heavy atom. The predicted octanol–water partition coefficient (Wildman–Crippen LogP) is 2.63. The summed E-state index contributed by atoms with van der Waals surface area (Å²) in [5.41, 5.74) is 1.22. The molecule has 0 bridgehead atoms. The first-order valence-electron chi connectivity index (χ1n) is 4.44. The Bertz CT molecular complexity index is 271. The smallest absolute Gasteiger partial charge is 0.115 e. The van der Waals surface area contributed by atoms with Crippen molar-refractivity contribution in [1.29, 1.82) is 0 Å². The van der Waals surface area contributed by atoms with Gasteiger partial charge in [0.1, 0.15) is 5.75 Å². The molecule has 2 heteroatoms. The number of anilines is 1. The molecule has 72 valence electrons. The van der Waals surface area contributed by atoms with Crippen molar-refractivity contribution in [3.8, 4) is 5.75 Å². The van der Waals surface area contributed by atoms with Gasteiger partial charge in [0.15, 0.2) is 0 Å². The molecular weight excluding hydrogens is 162 g/mol. The van der Waals surface area contributed by atoms with Crippen LogP contribution in [0.15, 0.2) is 24.3 Å². The highest BCUT2D eigenvalue weighted by molar-refractivity contribution is 5.49. The zero-order chi connectivity index (χ0) is 10.1. The van der Waals surface area contributed by atoms with Crippen LogP contribution in [0.3, 0.4) is 0 Å². The van der Waals surface area contributed by atoms with E-state index in [0.717, 1.165) is 5.69 Å². The van der Waals surface area contributed by atoms with E-state index in [2.05, 4.69) is 25.7 Å². The van der Waals surface area contributed by atoms with Gasteiger partial charge in [-0.25, -0.2) is 0 Å². The summed E-state index contributed by atoms with van der Waals surface area (Å²) in [7, 11) is 2.05. The number of hydrogen-bond donors (Lipinski definition) is 1. The lowest BCUT2D eigenvalue weighted by atomic mass is 10.1. The quantitative estimate of drug-likeness (QED) is 0.716. The van der Waals surface area contributed by atoms with E-state index in [1.165, 1.54) is 0 Å². The van der Waals surface area contributed by atoms with Gasteiger partial charge < -0.3 is 10.0 Å². The number of phenolic OH excluding ortho intramolecular Hbond substituents is 1. The summed E-state index contributed by atoms with van der Waals surface area (Å²) in [6.07, 6.45) is 0. The van der Waals surface area contributed by atoms with E-state index >= 15 is 0 Å². The Morgan fingerprint density at radius 1 is 1.08 bits per heavy atom. The van der Waals surface area contributed by atoms with E-state index in [1.54, 1.807) is 12.1 Å².